The normalized spacial score (nSPS) is 30.3. The third-order valence-electron chi connectivity index (χ3n) is 3.47. The van der Waals surface area contributed by atoms with Gasteiger partial charge < -0.3 is 5.11 Å². The Morgan fingerprint density at radius 1 is 1.54 bits per heavy atom. The lowest BCUT2D eigenvalue weighted by Crippen LogP contribution is -2.15. The van der Waals surface area contributed by atoms with Crippen LogP contribution in [-0.2, 0) is 4.79 Å². The standard InChI is InChI=1S/C11H20O2/c1-8-4-3-5-10(8)9(2)6-7-11(12)13/h8-10H,3-7H2,1-2H3,(H,12,13). The molecule has 0 bridgehead atoms. The molecule has 1 aliphatic carbocycles. The van der Waals surface area contributed by atoms with E-state index in [2.05, 4.69) is 13.8 Å². The van der Waals surface area contributed by atoms with Crippen LogP contribution >= 0.6 is 0 Å². The number of rotatable bonds is 4. The molecule has 76 valence electrons. The van der Waals surface area contributed by atoms with Crippen molar-refractivity contribution in [2.45, 2.75) is 46.0 Å². The minimum atomic E-state index is -0.655. The molecule has 1 fully saturated rings. The highest BCUT2D eigenvalue weighted by molar-refractivity contribution is 5.66. The molecule has 0 heterocycles. The molecule has 2 nitrogen and oxygen atoms in total. The van der Waals surface area contributed by atoms with E-state index in [1.807, 2.05) is 0 Å². The SMILES string of the molecule is CC1CCCC1C(C)CCC(=O)O. The molecule has 1 saturated carbocycles. The van der Waals surface area contributed by atoms with E-state index in [-0.39, 0.29) is 0 Å². The van der Waals surface area contributed by atoms with Gasteiger partial charge in [0.1, 0.15) is 0 Å². The molecule has 0 aromatic rings. The zero-order chi connectivity index (χ0) is 9.84. The summed E-state index contributed by atoms with van der Waals surface area (Å²) in [5.74, 6) is 1.52. The second-order valence-corrected chi connectivity index (χ2v) is 4.48. The first-order chi connectivity index (χ1) is 6.11. The highest BCUT2D eigenvalue weighted by Gasteiger charge is 2.28. The van der Waals surface area contributed by atoms with E-state index in [4.69, 9.17) is 5.11 Å². The van der Waals surface area contributed by atoms with Crippen molar-refractivity contribution in [1.82, 2.24) is 0 Å². The van der Waals surface area contributed by atoms with Gasteiger partial charge in [0.2, 0.25) is 0 Å². The topological polar surface area (TPSA) is 37.3 Å². The summed E-state index contributed by atoms with van der Waals surface area (Å²) in [5.41, 5.74) is 0. The van der Waals surface area contributed by atoms with Crippen molar-refractivity contribution in [3.8, 4) is 0 Å². The summed E-state index contributed by atoms with van der Waals surface area (Å²) in [4.78, 5) is 10.4. The van der Waals surface area contributed by atoms with Crippen LogP contribution in [0.3, 0.4) is 0 Å². The van der Waals surface area contributed by atoms with Gasteiger partial charge in [-0.15, -0.1) is 0 Å². The fourth-order valence-electron chi connectivity index (χ4n) is 2.58. The molecule has 0 radical (unpaired) electrons. The molecule has 2 heteroatoms. The Bertz CT molecular complexity index is 177. The van der Waals surface area contributed by atoms with Crippen molar-refractivity contribution < 1.29 is 9.90 Å². The lowest BCUT2D eigenvalue weighted by molar-refractivity contribution is -0.137. The summed E-state index contributed by atoms with van der Waals surface area (Å²) in [6, 6.07) is 0. The first-order valence-corrected chi connectivity index (χ1v) is 5.33. The third-order valence-corrected chi connectivity index (χ3v) is 3.47. The van der Waals surface area contributed by atoms with Crippen molar-refractivity contribution in [3.63, 3.8) is 0 Å². The van der Waals surface area contributed by atoms with Gasteiger partial charge in [-0.25, -0.2) is 0 Å². The third kappa shape index (κ3) is 3.02. The molecule has 1 rings (SSSR count). The van der Waals surface area contributed by atoms with E-state index in [1.165, 1.54) is 19.3 Å². The van der Waals surface area contributed by atoms with E-state index in [0.29, 0.717) is 12.3 Å². The molecule has 1 N–H and O–H groups in total. The summed E-state index contributed by atoms with van der Waals surface area (Å²) in [7, 11) is 0. The van der Waals surface area contributed by atoms with Gasteiger partial charge in [-0.3, -0.25) is 4.79 Å². The highest BCUT2D eigenvalue weighted by atomic mass is 16.4. The summed E-state index contributed by atoms with van der Waals surface area (Å²) in [6.45, 7) is 4.50. The molecule has 0 aliphatic heterocycles. The highest BCUT2D eigenvalue weighted by Crippen LogP contribution is 2.38. The van der Waals surface area contributed by atoms with Crippen molar-refractivity contribution in [2.75, 3.05) is 0 Å². The molecule has 1 aliphatic rings. The monoisotopic (exact) mass is 184 g/mol. The molecule has 0 spiro atoms. The smallest absolute Gasteiger partial charge is 0.303 e. The second kappa shape index (κ2) is 4.64. The summed E-state index contributed by atoms with van der Waals surface area (Å²) >= 11 is 0. The van der Waals surface area contributed by atoms with Crippen molar-refractivity contribution in [3.05, 3.63) is 0 Å². The number of carbonyl (C=O) groups is 1. The van der Waals surface area contributed by atoms with Crippen LogP contribution in [0.15, 0.2) is 0 Å². The molecule has 0 saturated heterocycles. The van der Waals surface area contributed by atoms with E-state index >= 15 is 0 Å². The fraction of sp³-hybridized carbons (Fsp3) is 0.909. The summed E-state index contributed by atoms with van der Waals surface area (Å²) < 4.78 is 0. The van der Waals surface area contributed by atoms with Gasteiger partial charge >= 0.3 is 5.97 Å². The quantitative estimate of drug-likeness (QED) is 0.729. The summed E-state index contributed by atoms with van der Waals surface area (Å²) in [6.07, 6.45) is 5.17. The minimum Gasteiger partial charge on any atom is -0.481 e. The molecular weight excluding hydrogens is 164 g/mol. The van der Waals surface area contributed by atoms with Crippen LogP contribution in [0.25, 0.3) is 0 Å². The Kier molecular flexibility index (Phi) is 3.76. The maximum Gasteiger partial charge on any atom is 0.303 e. The van der Waals surface area contributed by atoms with E-state index in [1.54, 1.807) is 0 Å². The number of carboxylic acid groups (broad SMARTS) is 1. The molecule has 3 unspecified atom stereocenters. The maximum atomic E-state index is 10.4. The first kappa shape index (κ1) is 10.6. The Labute approximate surface area is 80.3 Å². The molecule has 0 amide bonds. The molecule has 3 atom stereocenters. The van der Waals surface area contributed by atoms with Crippen LogP contribution in [0.1, 0.15) is 46.0 Å². The molecule has 13 heavy (non-hydrogen) atoms. The van der Waals surface area contributed by atoms with Crippen LogP contribution in [-0.4, -0.2) is 11.1 Å². The van der Waals surface area contributed by atoms with Crippen LogP contribution in [0.4, 0.5) is 0 Å². The zero-order valence-corrected chi connectivity index (χ0v) is 8.62. The van der Waals surface area contributed by atoms with Gasteiger partial charge in [-0.1, -0.05) is 26.7 Å². The first-order valence-electron chi connectivity index (χ1n) is 5.33. The van der Waals surface area contributed by atoms with Crippen molar-refractivity contribution in [1.29, 1.82) is 0 Å². The Morgan fingerprint density at radius 3 is 2.69 bits per heavy atom. The van der Waals surface area contributed by atoms with E-state index in [9.17, 15) is 4.79 Å². The van der Waals surface area contributed by atoms with Gasteiger partial charge in [-0.05, 0) is 30.6 Å². The van der Waals surface area contributed by atoms with Crippen LogP contribution < -0.4 is 0 Å². The zero-order valence-electron chi connectivity index (χ0n) is 8.62. The van der Waals surface area contributed by atoms with Crippen LogP contribution in [0, 0.1) is 17.8 Å². The van der Waals surface area contributed by atoms with Gasteiger partial charge in [-0.2, -0.15) is 0 Å². The predicted molar refractivity (Wildman–Crippen MR) is 52.5 cm³/mol. The Balaban J connectivity index is 2.29. The Morgan fingerprint density at radius 2 is 2.23 bits per heavy atom. The van der Waals surface area contributed by atoms with Gasteiger partial charge in [0, 0.05) is 6.42 Å². The predicted octanol–water partition coefficient (Wildman–Crippen LogP) is 2.92. The van der Waals surface area contributed by atoms with E-state index < -0.39 is 5.97 Å². The lowest BCUT2D eigenvalue weighted by Gasteiger charge is -2.22. The molecule has 0 aromatic carbocycles. The second-order valence-electron chi connectivity index (χ2n) is 4.48. The van der Waals surface area contributed by atoms with Gasteiger partial charge in [0.25, 0.3) is 0 Å². The van der Waals surface area contributed by atoms with Gasteiger partial charge in [0.15, 0.2) is 0 Å². The molecular formula is C11H20O2. The largest absolute Gasteiger partial charge is 0.481 e. The number of carboxylic acids is 1. The Hall–Kier alpha value is -0.530. The van der Waals surface area contributed by atoms with Crippen molar-refractivity contribution >= 4 is 5.97 Å². The molecule has 0 aromatic heterocycles. The fourth-order valence-corrected chi connectivity index (χ4v) is 2.58. The number of hydrogen-bond acceptors (Lipinski definition) is 1. The number of aliphatic carboxylic acids is 1. The van der Waals surface area contributed by atoms with Gasteiger partial charge in [0.05, 0.1) is 0 Å². The summed E-state index contributed by atoms with van der Waals surface area (Å²) in [5, 5.41) is 8.57. The number of hydrogen-bond donors (Lipinski definition) is 1. The lowest BCUT2D eigenvalue weighted by atomic mass is 9.83. The van der Waals surface area contributed by atoms with Crippen molar-refractivity contribution in [2.24, 2.45) is 17.8 Å². The maximum absolute atomic E-state index is 10.4. The van der Waals surface area contributed by atoms with Crippen LogP contribution in [0.5, 0.6) is 0 Å². The average Bonchev–Trinajstić information content (AvgIpc) is 2.47. The van der Waals surface area contributed by atoms with Crippen LogP contribution in [0.2, 0.25) is 0 Å². The average molecular weight is 184 g/mol. The minimum absolute atomic E-state index is 0.338. The van der Waals surface area contributed by atoms with E-state index in [0.717, 1.165) is 18.3 Å².